The van der Waals surface area contributed by atoms with E-state index in [0.717, 1.165) is 18.2 Å². The highest BCUT2D eigenvalue weighted by Crippen LogP contribution is 2.33. The smallest absolute Gasteiger partial charge is 0.316 e. The Labute approximate surface area is 128 Å². The summed E-state index contributed by atoms with van der Waals surface area (Å²) < 4.78 is 38.8. The standard InChI is InChI=1S/C15H11F3N2O3/c1-9-6-7-12(13(8-9)20(22)23)19-14(21)10-4-2-3-5-11(10)15(16,17)18/h2-8H,1H3,(H,19,21). The highest BCUT2D eigenvalue weighted by molar-refractivity contribution is 6.06. The summed E-state index contributed by atoms with van der Waals surface area (Å²) in [6.45, 7) is 1.62. The number of anilines is 1. The minimum Gasteiger partial charge on any atom is -0.316 e. The topological polar surface area (TPSA) is 72.2 Å². The highest BCUT2D eigenvalue weighted by Gasteiger charge is 2.35. The summed E-state index contributed by atoms with van der Waals surface area (Å²) in [5.41, 5.74) is -1.67. The summed E-state index contributed by atoms with van der Waals surface area (Å²) in [5.74, 6) is -1.06. The fourth-order valence-electron chi connectivity index (χ4n) is 2.02. The van der Waals surface area contributed by atoms with Crippen LogP contribution < -0.4 is 5.32 Å². The summed E-state index contributed by atoms with van der Waals surface area (Å²) in [4.78, 5) is 22.4. The van der Waals surface area contributed by atoms with Gasteiger partial charge in [0.15, 0.2) is 0 Å². The molecule has 0 fully saturated rings. The van der Waals surface area contributed by atoms with E-state index in [1.807, 2.05) is 0 Å². The predicted molar refractivity (Wildman–Crippen MR) is 77.2 cm³/mol. The van der Waals surface area contributed by atoms with E-state index >= 15 is 0 Å². The Bertz CT molecular complexity index is 773. The lowest BCUT2D eigenvalue weighted by molar-refractivity contribution is -0.384. The van der Waals surface area contributed by atoms with Gasteiger partial charge in [-0.2, -0.15) is 13.2 Å². The first-order valence-corrected chi connectivity index (χ1v) is 6.43. The molecule has 120 valence electrons. The molecule has 0 heterocycles. The summed E-state index contributed by atoms with van der Waals surface area (Å²) in [6.07, 6.45) is -4.70. The Balaban J connectivity index is 2.40. The second-order valence-electron chi connectivity index (χ2n) is 4.78. The van der Waals surface area contributed by atoms with Crippen LogP contribution in [-0.2, 0) is 6.18 Å². The second kappa shape index (κ2) is 6.07. The summed E-state index contributed by atoms with van der Waals surface area (Å²) in [5, 5.41) is 13.2. The van der Waals surface area contributed by atoms with Crippen LogP contribution in [0.15, 0.2) is 42.5 Å². The Morgan fingerprint density at radius 1 is 1.17 bits per heavy atom. The quantitative estimate of drug-likeness (QED) is 0.680. The molecular weight excluding hydrogens is 313 g/mol. The van der Waals surface area contributed by atoms with Crippen molar-refractivity contribution in [2.75, 3.05) is 5.32 Å². The van der Waals surface area contributed by atoms with Crippen molar-refractivity contribution in [1.29, 1.82) is 0 Å². The number of aryl methyl sites for hydroxylation is 1. The van der Waals surface area contributed by atoms with Gasteiger partial charge < -0.3 is 5.32 Å². The first-order chi connectivity index (χ1) is 10.7. The number of benzene rings is 2. The van der Waals surface area contributed by atoms with Gasteiger partial charge in [-0.05, 0) is 30.7 Å². The van der Waals surface area contributed by atoms with E-state index in [2.05, 4.69) is 5.32 Å². The van der Waals surface area contributed by atoms with Gasteiger partial charge in [0.2, 0.25) is 0 Å². The molecule has 0 unspecified atom stereocenters. The molecule has 0 bridgehead atoms. The minimum absolute atomic E-state index is 0.164. The molecule has 23 heavy (non-hydrogen) atoms. The van der Waals surface area contributed by atoms with Crippen molar-refractivity contribution < 1.29 is 22.9 Å². The largest absolute Gasteiger partial charge is 0.417 e. The van der Waals surface area contributed by atoms with Crippen molar-refractivity contribution in [3.8, 4) is 0 Å². The number of hydrogen-bond acceptors (Lipinski definition) is 3. The number of nitro groups is 1. The van der Waals surface area contributed by atoms with Gasteiger partial charge in [0, 0.05) is 6.07 Å². The lowest BCUT2D eigenvalue weighted by Gasteiger charge is -2.12. The Morgan fingerprint density at radius 3 is 2.43 bits per heavy atom. The maximum absolute atomic E-state index is 12.9. The number of rotatable bonds is 3. The van der Waals surface area contributed by atoms with Gasteiger partial charge in [-0.3, -0.25) is 14.9 Å². The highest BCUT2D eigenvalue weighted by atomic mass is 19.4. The van der Waals surface area contributed by atoms with Crippen molar-refractivity contribution >= 4 is 17.3 Å². The van der Waals surface area contributed by atoms with Crippen LogP contribution in [0.3, 0.4) is 0 Å². The van der Waals surface area contributed by atoms with E-state index in [1.165, 1.54) is 24.3 Å². The van der Waals surface area contributed by atoms with E-state index in [1.54, 1.807) is 6.92 Å². The van der Waals surface area contributed by atoms with Gasteiger partial charge in [0.25, 0.3) is 11.6 Å². The van der Waals surface area contributed by atoms with Gasteiger partial charge >= 0.3 is 6.18 Å². The predicted octanol–water partition coefficient (Wildman–Crippen LogP) is 4.17. The molecule has 0 spiro atoms. The molecule has 0 aliphatic carbocycles. The molecule has 0 saturated heterocycles. The SMILES string of the molecule is Cc1ccc(NC(=O)c2ccccc2C(F)(F)F)c([N+](=O)[O-])c1. The van der Waals surface area contributed by atoms with E-state index in [-0.39, 0.29) is 11.4 Å². The van der Waals surface area contributed by atoms with Gasteiger partial charge in [-0.25, -0.2) is 0 Å². The Morgan fingerprint density at radius 2 is 1.83 bits per heavy atom. The minimum atomic E-state index is -4.70. The normalized spacial score (nSPS) is 11.1. The van der Waals surface area contributed by atoms with Crippen LogP contribution in [0.4, 0.5) is 24.5 Å². The second-order valence-corrected chi connectivity index (χ2v) is 4.78. The van der Waals surface area contributed by atoms with Crippen LogP contribution in [-0.4, -0.2) is 10.8 Å². The maximum Gasteiger partial charge on any atom is 0.417 e. The molecule has 0 saturated carbocycles. The molecule has 0 aromatic heterocycles. The van der Waals surface area contributed by atoms with Crippen LogP contribution in [0, 0.1) is 17.0 Å². The third-order valence-electron chi connectivity index (χ3n) is 3.08. The molecular formula is C15H11F3N2O3. The average molecular weight is 324 g/mol. The molecule has 2 rings (SSSR count). The van der Waals surface area contributed by atoms with Crippen molar-refractivity contribution in [3.05, 3.63) is 69.3 Å². The molecule has 5 nitrogen and oxygen atoms in total. The van der Waals surface area contributed by atoms with Gasteiger partial charge in [0.1, 0.15) is 5.69 Å². The van der Waals surface area contributed by atoms with Crippen molar-refractivity contribution in [2.24, 2.45) is 0 Å². The fourth-order valence-corrected chi connectivity index (χ4v) is 2.02. The van der Waals surface area contributed by atoms with Gasteiger partial charge in [-0.1, -0.05) is 18.2 Å². The average Bonchev–Trinajstić information content (AvgIpc) is 2.48. The number of hydrogen-bond donors (Lipinski definition) is 1. The molecule has 0 radical (unpaired) electrons. The van der Waals surface area contributed by atoms with Gasteiger partial charge in [0.05, 0.1) is 16.1 Å². The van der Waals surface area contributed by atoms with Crippen molar-refractivity contribution in [3.63, 3.8) is 0 Å². The van der Waals surface area contributed by atoms with E-state index in [9.17, 15) is 28.1 Å². The number of alkyl halides is 3. The van der Waals surface area contributed by atoms with Crippen LogP contribution in [0.1, 0.15) is 21.5 Å². The van der Waals surface area contributed by atoms with Crippen LogP contribution in [0.5, 0.6) is 0 Å². The number of amides is 1. The lowest BCUT2D eigenvalue weighted by Crippen LogP contribution is -2.19. The van der Waals surface area contributed by atoms with E-state index < -0.39 is 28.1 Å². The summed E-state index contributed by atoms with van der Waals surface area (Å²) >= 11 is 0. The number of carbonyl (C=O) groups is 1. The van der Waals surface area contributed by atoms with Crippen molar-refractivity contribution in [1.82, 2.24) is 0 Å². The number of carbonyl (C=O) groups excluding carboxylic acids is 1. The van der Waals surface area contributed by atoms with E-state index in [4.69, 9.17) is 0 Å². The first-order valence-electron chi connectivity index (χ1n) is 6.43. The third-order valence-corrected chi connectivity index (χ3v) is 3.08. The van der Waals surface area contributed by atoms with Gasteiger partial charge in [-0.15, -0.1) is 0 Å². The number of halogens is 3. The zero-order valence-corrected chi connectivity index (χ0v) is 11.8. The third kappa shape index (κ3) is 3.65. The zero-order valence-electron chi connectivity index (χ0n) is 11.8. The first kappa shape index (κ1) is 16.5. The molecule has 0 aliphatic rings. The Kier molecular flexibility index (Phi) is 4.35. The monoisotopic (exact) mass is 324 g/mol. The zero-order chi connectivity index (χ0) is 17.2. The molecule has 1 amide bonds. The molecule has 8 heteroatoms. The maximum atomic E-state index is 12.9. The Hall–Kier alpha value is -2.90. The molecule has 1 N–H and O–H groups in total. The lowest BCUT2D eigenvalue weighted by atomic mass is 10.1. The molecule has 2 aromatic carbocycles. The van der Waals surface area contributed by atoms with E-state index in [0.29, 0.717) is 5.56 Å². The molecule has 0 aliphatic heterocycles. The molecule has 2 aromatic rings. The van der Waals surface area contributed by atoms with Crippen molar-refractivity contribution in [2.45, 2.75) is 13.1 Å². The fraction of sp³-hybridized carbons (Fsp3) is 0.133. The summed E-state index contributed by atoms with van der Waals surface area (Å²) in [7, 11) is 0. The number of nitrogens with one attached hydrogen (secondary N) is 1. The molecule has 0 atom stereocenters. The van der Waals surface area contributed by atoms with Crippen LogP contribution in [0.2, 0.25) is 0 Å². The van der Waals surface area contributed by atoms with Crippen LogP contribution in [0.25, 0.3) is 0 Å². The summed E-state index contributed by atoms with van der Waals surface area (Å²) in [6, 6.07) is 8.25. The number of nitrogens with zero attached hydrogens (tertiary/aromatic N) is 1. The van der Waals surface area contributed by atoms with Crippen LogP contribution >= 0.6 is 0 Å². The number of nitro benzene ring substituents is 1.